The molecule has 0 aliphatic carbocycles. The molecule has 1 aromatic carbocycles. The van der Waals surface area contributed by atoms with E-state index in [9.17, 15) is 4.79 Å². The van der Waals surface area contributed by atoms with E-state index in [-0.39, 0.29) is 12.5 Å². The summed E-state index contributed by atoms with van der Waals surface area (Å²) in [6.45, 7) is 3.69. The first-order chi connectivity index (χ1) is 10.1. The number of ether oxygens (including phenoxy) is 1. The molecule has 2 N–H and O–H groups in total. The van der Waals surface area contributed by atoms with Gasteiger partial charge in [-0.05, 0) is 31.4 Å². The number of hydrogen-bond donors (Lipinski definition) is 1. The van der Waals surface area contributed by atoms with Crippen molar-refractivity contribution in [1.29, 1.82) is 0 Å². The number of nitrogens with zero attached hydrogens (tertiary/aromatic N) is 1. The van der Waals surface area contributed by atoms with E-state index in [4.69, 9.17) is 22.7 Å². The van der Waals surface area contributed by atoms with E-state index in [0.717, 1.165) is 37.1 Å². The summed E-state index contributed by atoms with van der Waals surface area (Å²) in [4.78, 5) is 14.4. The van der Waals surface area contributed by atoms with Gasteiger partial charge in [-0.3, -0.25) is 4.79 Å². The highest BCUT2D eigenvalue weighted by Gasteiger charge is 2.16. The van der Waals surface area contributed by atoms with Gasteiger partial charge < -0.3 is 15.4 Å². The van der Waals surface area contributed by atoms with E-state index in [2.05, 4.69) is 0 Å². The zero-order valence-electron chi connectivity index (χ0n) is 12.4. The molecule has 1 heterocycles. The Kier molecular flexibility index (Phi) is 5.56. The minimum absolute atomic E-state index is 0.0528. The molecule has 2 rings (SSSR count). The molecule has 114 valence electrons. The molecule has 0 atom stereocenters. The van der Waals surface area contributed by atoms with Crippen LogP contribution in [0.3, 0.4) is 0 Å². The first kappa shape index (κ1) is 15.8. The van der Waals surface area contributed by atoms with Gasteiger partial charge in [-0.15, -0.1) is 0 Å². The molecule has 0 aromatic heterocycles. The van der Waals surface area contributed by atoms with Crippen molar-refractivity contribution < 1.29 is 9.53 Å². The molecule has 0 bridgehead atoms. The number of carbonyl (C=O) groups is 1. The van der Waals surface area contributed by atoms with Gasteiger partial charge in [-0.2, -0.15) is 0 Å². The van der Waals surface area contributed by atoms with E-state index < -0.39 is 0 Å². The van der Waals surface area contributed by atoms with Crippen LogP contribution in [0.5, 0.6) is 5.75 Å². The van der Waals surface area contributed by atoms with Crippen molar-refractivity contribution in [2.24, 2.45) is 5.73 Å². The Morgan fingerprint density at radius 3 is 2.57 bits per heavy atom. The largest absolute Gasteiger partial charge is 0.483 e. The zero-order chi connectivity index (χ0) is 15.2. The molecule has 21 heavy (non-hydrogen) atoms. The van der Waals surface area contributed by atoms with Gasteiger partial charge in [0.2, 0.25) is 0 Å². The highest BCUT2D eigenvalue weighted by atomic mass is 32.1. The van der Waals surface area contributed by atoms with Crippen LogP contribution in [0, 0.1) is 6.92 Å². The van der Waals surface area contributed by atoms with Gasteiger partial charge in [0.25, 0.3) is 5.91 Å². The van der Waals surface area contributed by atoms with E-state index in [1.165, 1.54) is 12.8 Å². The molecule has 1 fully saturated rings. The molecule has 0 radical (unpaired) electrons. The van der Waals surface area contributed by atoms with Crippen molar-refractivity contribution in [3.8, 4) is 5.75 Å². The Labute approximate surface area is 131 Å². The summed E-state index contributed by atoms with van der Waals surface area (Å²) in [5, 5.41) is 0. The fourth-order valence-corrected chi connectivity index (χ4v) is 2.59. The zero-order valence-corrected chi connectivity index (χ0v) is 13.2. The summed E-state index contributed by atoms with van der Waals surface area (Å²) in [6.07, 6.45) is 4.59. The van der Waals surface area contributed by atoms with Crippen LogP contribution in [-0.4, -0.2) is 35.5 Å². The van der Waals surface area contributed by atoms with Gasteiger partial charge in [0.05, 0.1) is 0 Å². The topological polar surface area (TPSA) is 55.6 Å². The second kappa shape index (κ2) is 7.41. The fraction of sp³-hybridized carbons (Fsp3) is 0.500. The predicted octanol–water partition coefficient (Wildman–Crippen LogP) is 2.41. The van der Waals surface area contributed by atoms with Gasteiger partial charge in [0.15, 0.2) is 6.61 Å². The SMILES string of the molecule is Cc1ccc(C(N)=S)cc1OCC(=O)N1CCCCCC1. The van der Waals surface area contributed by atoms with Gasteiger partial charge in [0, 0.05) is 18.7 Å². The molecule has 0 spiro atoms. The monoisotopic (exact) mass is 306 g/mol. The van der Waals surface area contributed by atoms with Gasteiger partial charge >= 0.3 is 0 Å². The first-order valence-corrected chi connectivity index (χ1v) is 7.80. The van der Waals surface area contributed by atoms with Gasteiger partial charge in [-0.1, -0.05) is 37.2 Å². The van der Waals surface area contributed by atoms with Crippen molar-refractivity contribution in [1.82, 2.24) is 4.90 Å². The highest BCUT2D eigenvalue weighted by Crippen LogP contribution is 2.20. The molecule has 5 heteroatoms. The number of nitrogens with two attached hydrogens (primary N) is 1. The maximum atomic E-state index is 12.2. The van der Waals surface area contributed by atoms with Crippen LogP contribution in [0.2, 0.25) is 0 Å². The van der Waals surface area contributed by atoms with Crippen molar-refractivity contribution in [2.45, 2.75) is 32.6 Å². The Morgan fingerprint density at radius 1 is 1.29 bits per heavy atom. The lowest BCUT2D eigenvalue weighted by Crippen LogP contribution is -2.35. The molecular formula is C16H22N2O2S. The lowest BCUT2D eigenvalue weighted by molar-refractivity contribution is -0.133. The van der Waals surface area contributed by atoms with Crippen molar-refractivity contribution in [3.05, 3.63) is 29.3 Å². The number of benzene rings is 1. The van der Waals surface area contributed by atoms with Gasteiger partial charge in [0.1, 0.15) is 10.7 Å². The number of amides is 1. The molecule has 4 nitrogen and oxygen atoms in total. The maximum absolute atomic E-state index is 12.2. The summed E-state index contributed by atoms with van der Waals surface area (Å²) in [7, 11) is 0. The van der Waals surface area contributed by atoms with Crippen LogP contribution < -0.4 is 10.5 Å². The minimum atomic E-state index is 0.0528. The summed E-state index contributed by atoms with van der Waals surface area (Å²) >= 11 is 4.97. The smallest absolute Gasteiger partial charge is 0.260 e. The molecule has 0 unspecified atom stereocenters. The van der Waals surface area contributed by atoms with Crippen molar-refractivity contribution in [3.63, 3.8) is 0 Å². The molecule has 1 amide bonds. The fourth-order valence-electron chi connectivity index (χ4n) is 2.46. The Balaban J connectivity index is 1.97. The standard InChI is InChI=1S/C16H22N2O2S/c1-12-6-7-13(16(17)21)10-14(12)20-11-15(19)18-8-4-2-3-5-9-18/h6-7,10H,2-5,8-9,11H2,1H3,(H2,17,21). The van der Waals surface area contributed by atoms with Gasteiger partial charge in [-0.25, -0.2) is 0 Å². The van der Waals surface area contributed by atoms with Crippen LogP contribution in [-0.2, 0) is 4.79 Å². The highest BCUT2D eigenvalue weighted by molar-refractivity contribution is 7.80. The first-order valence-electron chi connectivity index (χ1n) is 7.39. The second-order valence-corrected chi connectivity index (χ2v) is 5.87. The molecule has 1 aromatic rings. The minimum Gasteiger partial charge on any atom is -0.483 e. The number of carbonyl (C=O) groups excluding carboxylic acids is 1. The summed E-state index contributed by atoms with van der Waals surface area (Å²) in [5.74, 6) is 0.723. The maximum Gasteiger partial charge on any atom is 0.260 e. The number of aryl methyl sites for hydroxylation is 1. The van der Waals surface area contributed by atoms with E-state index in [1.54, 1.807) is 6.07 Å². The quantitative estimate of drug-likeness (QED) is 0.868. The normalized spacial score (nSPS) is 15.4. The Morgan fingerprint density at radius 2 is 1.95 bits per heavy atom. The predicted molar refractivity (Wildman–Crippen MR) is 87.6 cm³/mol. The van der Waals surface area contributed by atoms with Crippen LogP contribution in [0.25, 0.3) is 0 Å². The Bertz CT molecular complexity index is 523. The van der Waals surface area contributed by atoms with Crippen LogP contribution in [0.4, 0.5) is 0 Å². The third-order valence-electron chi connectivity index (χ3n) is 3.78. The molecule has 1 aliphatic rings. The third-order valence-corrected chi connectivity index (χ3v) is 4.02. The lowest BCUT2D eigenvalue weighted by Gasteiger charge is -2.20. The molecule has 1 saturated heterocycles. The van der Waals surface area contributed by atoms with Crippen LogP contribution >= 0.6 is 12.2 Å². The van der Waals surface area contributed by atoms with E-state index in [0.29, 0.717) is 10.7 Å². The molecule has 1 aliphatic heterocycles. The molecule has 0 saturated carbocycles. The van der Waals surface area contributed by atoms with Crippen molar-refractivity contribution >= 4 is 23.1 Å². The number of rotatable bonds is 4. The Hall–Kier alpha value is -1.62. The molecular weight excluding hydrogens is 284 g/mol. The van der Waals surface area contributed by atoms with Crippen LogP contribution in [0.1, 0.15) is 36.8 Å². The summed E-state index contributed by atoms with van der Waals surface area (Å²) in [5.41, 5.74) is 7.35. The average Bonchev–Trinajstić information content (AvgIpc) is 2.75. The lowest BCUT2D eigenvalue weighted by atomic mass is 10.1. The van der Waals surface area contributed by atoms with E-state index >= 15 is 0 Å². The number of hydrogen-bond acceptors (Lipinski definition) is 3. The number of thiocarbonyl (C=S) groups is 1. The number of likely N-dealkylation sites (tertiary alicyclic amines) is 1. The third kappa shape index (κ3) is 4.43. The van der Waals surface area contributed by atoms with E-state index in [1.807, 2.05) is 24.0 Å². The van der Waals surface area contributed by atoms with Crippen molar-refractivity contribution in [2.75, 3.05) is 19.7 Å². The van der Waals surface area contributed by atoms with Crippen LogP contribution in [0.15, 0.2) is 18.2 Å². The average molecular weight is 306 g/mol. The summed E-state index contributed by atoms with van der Waals surface area (Å²) < 4.78 is 5.68. The second-order valence-electron chi connectivity index (χ2n) is 5.43. The summed E-state index contributed by atoms with van der Waals surface area (Å²) in [6, 6.07) is 5.56.